The summed E-state index contributed by atoms with van der Waals surface area (Å²) >= 11 is 0. The molecule has 4 aromatic rings. The molecule has 0 spiro atoms. The molecule has 4 atom stereocenters. The van der Waals surface area contributed by atoms with Gasteiger partial charge >= 0.3 is 11.9 Å². The van der Waals surface area contributed by atoms with Crippen molar-refractivity contribution in [1.29, 1.82) is 0 Å². The molecule has 4 aromatic carbocycles. The smallest absolute Gasteiger partial charge is 0.308 e. The van der Waals surface area contributed by atoms with E-state index in [4.69, 9.17) is 0 Å². The van der Waals surface area contributed by atoms with Gasteiger partial charge in [0.2, 0.25) is 11.8 Å². The minimum Gasteiger partial charge on any atom is -0.481 e. The zero-order valence-corrected chi connectivity index (χ0v) is 27.0. The molecule has 1 aliphatic carbocycles. The predicted octanol–water partition coefficient (Wildman–Crippen LogP) is 7.01. The predicted molar refractivity (Wildman–Crippen MR) is 187 cm³/mol. The quantitative estimate of drug-likeness (QED) is 0.115. The monoisotopic (exact) mass is 648 g/mol. The Hall–Kier alpha value is -5.64. The number of aliphatic carboxylic acids is 2. The van der Waals surface area contributed by atoms with Crippen molar-refractivity contribution in [3.8, 4) is 0 Å². The van der Waals surface area contributed by atoms with Crippen molar-refractivity contribution in [2.24, 2.45) is 23.7 Å². The number of benzene rings is 4. The fraction of sp³-hybridized carbons (Fsp3) is 0.263. The van der Waals surface area contributed by atoms with E-state index in [1.807, 2.05) is 98.8 Å². The van der Waals surface area contributed by atoms with Gasteiger partial charge in [0.15, 0.2) is 0 Å². The maximum atomic E-state index is 14.3. The average molecular weight is 649 g/mol. The van der Waals surface area contributed by atoms with Crippen LogP contribution in [0.2, 0.25) is 0 Å². The number of carbonyl (C=O) groups is 4. The molecule has 0 heterocycles. The van der Waals surface area contributed by atoms with Gasteiger partial charge in [0.25, 0.3) is 0 Å². The molecule has 0 unspecified atom stereocenters. The third kappa shape index (κ3) is 7.33. The van der Waals surface area contributed by atoms with E-state index in [-0.39, 0.29) is 13.1 Å². The van der Waals surface area contributed by atoms with Crippen LogP contribution in [0.4, 0.5) is 34.1 Å². The Morgan fingerprint density at radius 3 is 1.10 bits per heavy atom. The molecule has 0 aliphatic heterocycles. The standard InChI is InChI=1S/C38H40N4O6/c1-3-23-41(29-19-15-27(16-20-29)39-25-11-7-5-8-12-25)35(43)31-32(34(38(47)48)33(31)37(45)46)36(44)42(24-4-2)30-21-17-28(18-22-30)40-26-13-9-6-10-14-26/h5-22,31-34,39-40H,3-4,23-24H2,1-2H3,(H,45,46)(H,47,48)/t31-,32-,33-,34-/m0/s1. The van der Waals surface area contributed by atoms with Crippen molar-refractivity contribution < 1.29 is 29.4 Å². The SMILES string of the molecule is CCCN(C(=O)[C@@H]1[C@H](C(=O)O)[C@@H](C(=O)O)[C@H]1C(=O)N(CCC)c1ccc(Nc2ccccc2)cc1)c1ccc(Nc2ccccc2)cc1. The Balaban J connectivity index is 1.43. The molecule has 0 radical (unpaired) electrons. The first kappa shape index (κ1) is 33.7. The highest BCUT2D eigenvalue weighted by molar-refractivity contribution is 6.08. The lowest BCUT2D eigenvalue weighted by atomic mass is 9.55. The number of nitrogens with zero attached hydrogens (tertiary/aromatic N) is 2. The number of rotatable bonds is 14. The van der Waals surface area contributed by atoms with Gasteiger partial charge in [-0.3, -0.25) is 19.2 Å². The molecule has 4 N–H and O–H groups in total. The first-order chi connectivity index (χ1) is 23.2. The summed E-state index contributed by atoms with van der Waals surface area (Å²) in [5, 5.41) is 26.9. The van der Waals surface area contributed by atoms with Gasteiger partial charge in [-0.1, -0.05) is 50.2 Å². The highest BCUT2D eigenvalue weighted by Gasteiger charge is 2.65. The highest BCUT2D eigenvalue weighted by Crippen LogP contribution is 2.49. The van der Waals surface area contributed by atoms with Crippen molar-refractivity contribution in [2.75, 3.05) is 33.5 Å². The van der Waals surface area contributed by atoms with E-state index < -0.39 is 47.4 Å². The number of carboxylic acid groups (broad SMARTS) is 2. The van der Waals surface area contributed by atoms with E-state index in [0.29, 0.717) is 24.2 Å². The minimum atomic E-state index is -1.55. The fourth-order valence-corrected chi connectivity index (χ4v) is 6.34. The molecule has 0 saturated heterocycles. The van der Waals surface area contributed by atoms with E-state index in [1.165, 1.54) is 9.80 Å². The summed E-state index contributed by atoms with van der Waals surface area (Å²) < 4.78 is 0. The Morgan fingerprint density at radius 1 is 0.500 bits per heavy atom. The number of para-hydroxylation sites is 2. The van der Waals surface area contributed by atoms with Gasteiger partial charge in [0.05, 0.1) is 23.7 Å². The first-order valence-electron chi connectivity index (χ1n) is 16.2. The third-order valence-electron chi connectivity index (χ3n) is 8.60. The lowest BCUT2D eigenvalue weighted by Gasteiger charge is -2.48. The molecule has 1 saturated carbocycles. The van der Waals surface area contributed by atoms with Gasteiger partial charge in [0, 0.05) is 47.2 Å². The second kappa shape index (κ2) is 15.3. The normalized spacial score (nSPS) is 18.2. The second-order valence-electron chi connectivity index (χ2n) is 11.8. The lowest BCUT2D eigenvalue weighted by Crippen LogP contribution is -2.64. The molecule has 48 heavy (non-hydrogen) atoms. The summed E-state index contributed by atoms with van der Waals surface area (Å²) in [7, 11) is 0. The minimum absolute atomic E-state index is 0.264. The zero-order chi connectivity index (χ0) is 34.2. The summed E-state index contributed by atoms with van der Waals surface area (Å²) in [6, 6.07) is 33.5. The van der Waals surface area contributed by atoms with Crippen molar-refractivity contribution in [3.63, 3.8) is 0 Å². The average Bonchev–Trinajstić information content (AvgIpc) is 3.07. The Kier molecular flexibility index (Phi) is 10.7. The number of hydrogen-bond donors (Lipinski definition) is 4. The van der Waals surface area contributed by atoms with Crippen molar-refractivity contribution >= 4 is 57.9 Å². The Morgan fingerprint density at radius 2 is 0.812 bits per heavy atom. The summed E-state index contributed by atoms with van der Waals surface area (Å²) in [4.78, 5) is 56.5. The van der Waals surface area contributed by atoms with Crippen molar-refractivity contribution in [3.05, 3.63) is 109 Å². The van der Waals surface area contributed by atoms with Gasteiger partial charge in [-0.25, -0.2) is 0 Å². The molecule has 2 amide bonds. The molecule has 0 aromatic heterocycles. The number of amides is 2. The van der Waals surface area contributed by atoms with E-state index in [2.05, 4.69) is 10.6 Å². The first-order valence-corrected chi connectivity index (χ1v) is 16.2. The molecular weight excluding hydrogens is 608 g/mol. The van der Waals surface area contributed by atoms with Crippen LogP contribution in [-0.4, -0.2) is 47.1 Å². The maximum absolute atomic E-state index is 14.3. The van der Waals surface area contributed by atoms with E-state index in [1.54, 1.807) is 24.3 Å². The van der Waals surface area contributed by atoms with Crippen LogP contribution in [0.1, 0.15) is 26.7 Å². The fourth-order valence-electron chi connectivity index (χ4n) is 6.34. The van der Waals surface area contributed by atoms with Gasteiger partial charge in [0.1, 0.15) is 0 Å². The lowest BCUT2D eigenvalue weighted by molar-refractivity contribution is -0.180. The van der Waals surface area contributed by atoms with Gasteiger partial charge < -0.3 is 30.6 Å². The Labute approximate surface area is 280 Å². The zero-order valence-electron chi connectivity index (χ0n) is 27.0. The van der Waals surface area contributed by atoms with E-state index >= 15 is 0 Å². The van der Waals surface area contributed by atoms with E-state index in [9.17, 15) is 29.4 Å². The molecule has 5 rings (SSSR count). The summed E-state index contributed by atoms with van der Waals surface area (Å²) in [6.45, 7) is 4.31. The molecule has 10 nitrogen and oxygen atoms in total. The molecule has 1 aliphatic rings. The van der Waals surface area contributed by atoms with Crippen LogP contribution < -0.4 is 20.4 Å². The van der Waals surface area contributed by atoms with Crippen LogP contribution in [0.25, 0.3) is 0 Å². The van der Waals surface area contributed by atoms with Crippen LogP contribution in [0.5, 0.6) is 0 Å². The number of anilines is 6. The second-order valence-corrected chi connectivity index (χ2v) is 11.8. The number of nitrogens with one attached hydrogen (secondary N) is 2. The third-order valence-corrected chi connectivity index (χ3v) is 8.60. The van der Waals surface area contributed by atoms with Gasteiger partial charge in [-0.15, -0.1) is 0 Å². The van der Waals surface area contributed by atoms with Crippen LogP contribution in [0.3, 0.4) is 0 Å². The summed E-state index contributed by atoms with van der Waals surface area (Å²) in [6.07, 6.45) is 1.12. The summed E-state index contributed by atoms with van der Waals surface area (Å²) in [5.74, 6) is -9.81. The van der Waals surface area contributed by atoms with Gasteiger partial charge in [-0.05, 0) is 85.6 Å². The molecule has 0 bridgehead atoms. The van der Waals surface area contributed by atoms with Crippen LogP contribution >= 0.6 is 0 Å². The van der Waals surface area contributed by atoms with E-state index in [0.717, 1.165) is 22.7 Å². The number of hydrogen-bond acceptors (Lipinski definition) is 6. The molecular formula is C38H40N4O6. The Bertz CT molecular complexity index is 1590. The largest absolute Gasteiger partial charge is 0.481 e. The van der Waals surface area contributed by atoms with Crippen molar-refractivity contribution in [2.45, 2.75) is 26.7 Å². The van der Waals surface area contributed by atoms with Crippen LogP contribution in [0.15, 0.2) is 109 Å². The number of carboxylic acids is 2. The number of carbonyl (C=O) groups excluding carboxylic acids is 2. The topological polar surface area (TPSA) is 139 Å². The molecule has 10 heteroatoms. The molecule has 248 valence electrons. The highest BCUT2D eigenvalue weighted by atomic mass is 16.4. The van der Waals surface area contributed by atoms with Crippen LogP contribution in [0, 0.1) is 23.7 Å². The molecule has 1 fully saturated rings. The summed E-state index contributed by atoms with van der Waals surface area (Å²) in [5.41, 5.74) is 4.43. The van der Waals surface area contributed by atoms with Gasteiger partial charge in [-0.2, -0.15) is 0 Å². The van der Waals surface area contributed by atoms with Crippen LogP contribution in [-0.2, 0) is 19.2 Å². The van der Waals surface area contributed by atoms with Crippen molar-refractivity contribution in [1.82, 2.24) is 0 Å². The maximum Gasteiger partial charge on any atom is 0.308 e.